The first kappa shape index (κ1) is 19.9. The molecule has 1 amide bonds. The third-order valence-corrected chi connectivity index (χ3v) is 6.01. The van der Waals surface area contributed by atoms with Crippen LogP contribution in [0, 0.1) is 0 Å². The van der Waals surface area contributed by atoms with E-state index in [0.29, 0.717) is 34.2 Å². The lowest BCUT2D eigenvalue weighted by Crippen LogP contribution is -2.33. The summed E-state index contributed by atoms with van der Waals surface area (Å²) in [5.74, 6) is 0.0327. The molecule has 3 rings (SSSR count). The van der Waals surface area contributed by atoms with Crippen molar-refractivity contribution in [1.29, 1.82) is 0 Å². The van der Waals surface area contributed by atoms with E-state index in [0.717, 1.165) is 5.56 Å². The van der Waals surface area contributed by atoms with Gasteiger partial charge in [0.1, 0.15) is 10.3 Å². The average molecular weight is 420 g/mol. The molecule has 0 N–H and O–H groups in total. The number of benzene rings is 2. The minimum Gasteiger partial charge on any atom is -0.342 e. The number of nitrogens with zero attached hydrogens (tertiary/aromatic N) is 3. The number of hydrogen-bond donors (Lipinski definition) is 0. The second-order valence-corrected chi connectivity index (χ2v) is 7.76. The third kappa shape index (κ3) is 4.54. The number of fused-ring (bicyclic) bond motifs is 1. The largest absolute Gasteiger partial charge is 0.342 e. The lowest BCUT2D eigenvalue weighted by molar-refractivity contribution is -0.130. The molecule has 2 aromatic carbocycles. The van der Waals surface area contributed by atoms with Gasteiger partial charge in [-0.25, -0.2) is 9.97 Å². The molecule has 4 nitrogen and oxygen atoms in total. The van der Waals surface area contributed by atoms with Gasteiger partial charge in [-0.2, -0.15) is 0 Å². The van der Waals surface area contributed by atoms with Gasteiger partial charge in [0.25, 0.3) is 0 Å². The zero-order valence-electron chi connectivity index (χ0n) is 15.0. The van der Waals surface area contributed by atoms with Gasteiger partial charge in [-0.15, -0.1) is 0 Å². The van der Waals surface area contributed by atoms with Crippen LogP contribution in [-0.4, -0.2) is 33.9 Å². The number of carbonyl (C=O) groups is 1. The molecule has 0 aliphatic heterocycles. The van der Waals surface area contributed by atoms with Crippen LogP contribution in [0.1, 0.15) is 24.7 Å². The van der Waals surface area contributed by atoms with Crippen molar-refractivity contribution in [2.75, 3.05) is 13.1 Å². The van der Waals surface area contributed by atoms with Gasteiger partial charge in [-0.05, 0) is 37.6 Å². The molecule has 1 unspecified atom stereocenters. The topological polar surface area (TPSA) is 46.1 Å². The van der Waals surface area contributed by atoms with E-state index in [1.807, 2.05) is 49.1 Å². The highest BCUT2D eigenvalue weighted by Crippen LogP contribution is 2.39. The Hall–Kier alpha value is -1.82. The van der Waals surface area contributed by atoms with Crippen LogP contribution in [0.4, 0.5) is 0 Å². The zero-order chi connectivity index (χ0) is 19.4. The highest BCUT2D eigenvalue weighted by Gasteiger charge is 2.27. The minimum atomic E-state index is -0.442. The molecular weight excluding hydrogens is 401 g/mol. The maximum absolute atomic E-state index is 13.1. The van der Waals surface area contributed by atoms with Gasteiger partial charge in [0.15, 0.2) is 5.15 Å². The fourth-order valence-corrected chi connectivity index (χ4v) is 4.26. The highest BCUT2D eigenvalue weighted by molar-refractivity contribution is 8.00. The number of aromatic nitrogens is 2. The summed E-state index contributed by atoms with van der Waals surface area (Å²) in [5.41, 5.74) is 2.23. The molecular formula is C20H19Cl2N3OS. The Bertz CT molecular complexity index is 949. The second-order valence-electron chi connectivity index (χ2n) is 5.87. The Kier molecular flexibility index (Phi) is 6.58. The van der Waals surface area contributed by atoms with Crippen molar-refractivity contribution in [3.63, 3.8) is 0 Å². The minimum absolute atomic E-state index is 0.0327. The van der Waals surface area contributed by atoms with E-state index >= 15 is 0 Å². The van der Waals surface area contributed by atoms with Crippen molar-refractivity contribution in [3.8, 4) is 0 Å². The fourth-order valence-electron chi connectivity index (χ4n) is 2.77. The Morgan fingerprint density at radius 3 is 2.41 bits per heavy atom. The van der Waals surface area contributed by atoms with E-state index < -0.39 is 5.25 Å². The van der Waals surface area contributed by atoms with E-state index in [-0.39, 0.29) is 11.1 Å². The smallest absolute Gasteiger partial charge is 0.240 e. The number of amides is 1. The number of thioether (sulfide) groups is 1. The average Bonchev–Trinajstić information content (AvgIpc) is 2.68. The molecule has 0 saturated heterocycles. The van der Waals surface area contributed by atoms with E-state index in [1.54, 1.807) is 18.2 Å². The number of rotatable bonds is 6. The van der Waals surface area contributed by atoms with E-state index in [1.165, 1.54) is 11.8 Å². The molecule has 0 saturated carbocycles. The van der Waals surface area contributed by atoms with Gasteiger partial charge in [0, 0.05) is 18.1 Å². The number of hydrogen-bond acceptors (Lipinski definition) is 4. The van der Waals surface area contributed by atoms with Gasteiger partial charge >= 0.3 is 0 Å². The van der Waals surface area contributed by atoms with Gasteiger partial charge in [0.2, 0.25) is 5.91 Å². The molecule has 0 aliphatic rings. The van der Waals surface area contributed by atoms with E-state index in [2.05, 4.69) is 9.97 Å². The van der Waals surface area contributed by atoms with Crippen LogP contribution in [-0.2, 0) is 4.79 Å². The SMILES string of the molecule is CCN(CC)C(=O)C(Sc1nc2ccc(Cl)cc2nc1Cl)c1ccccc1. The molecule has 1 atom stereocenters. The van der Waals surface area contributed by atoms with Gasteiger partial charge in [-0.3, -0.25) is 4.79 Å². The van der Waals surface area contributed by atoms with Crippen LogP contribution in [0.5, 0.6) is 0 Å². The second kappa shape index (κ2) is 8.91. The van der Waals surface area contributed by atoms with E-state index in [9.17, 15) is 4.79 Å². The Morgan fingerprint density at radius 1 is 1.04 bits per heavy atom. The summed E-state index contributed by atoms with van der Waals surface area (Å²) < 4.78 is 0. The zero-order valence-corrected chi connectivity index (χ0v) is 17.4. The van der Waals surface area contributed by atoms with Crippen LogP contribution in [0.2, 0.25) is 10.2 Å². The Labute approximate surface area is 172 Å². The summed E-state index contributed by atoms with van der Waals surface area (Å²) in [6.07, 6.45) is 0. The van der Waals surface area contributed by atoms with Crippen LogP contribution >= 0.6 is 35.0 Å². The fraction of sp³-hybridized carbons (Fsp3) is 0.250. The summed E-state index contributed by atoms with van der Waals surface area (Å²) >= 11 is 13.7. The molecule has 27 heavy (non-hydrogen) atoms. The van der Waals surface area contributed by atoms with Crippen LogP contribution in [0.25, 0.3) is 11.0 Å². The normalized spacial score (nSPS) is 12.1. The first-order valence-corrected chi connectivity index (χ1v) is 10.3. The monoisotopic (exact) mass is 419 g/mol. The predicted molar refractivity (Wildman–Crippen MR) is 113 cm³/mol. The van der Waals surface area contributed by atoms with Crippen molar-refractivity contribution < 1.29 is 4.79 Å². The maximum Gasteiger partial charge on any atom is 0.240 e. The summed E-state index contributed by atoms with van der Waals surface area (Å²) in [6, 6.07) is 15.0. The molecule has 7 heteroatoms. The van der Waals surface area contributed by atoms with Gasteiger partial charge in [-0.1, -0.05) is 65.3 Å². The Balaban J connectivity index is 2.01. The lowest BCUT2D eigenvalue weighted by atomic mass is 10.1. The maximum atomic E-state index is 13.1. The van der Waals surface area contributed by atoms with Gasteiger partial charge < -0.3 is 4.90 Å². The Morgan fingerprint density at radius 2 is 1.74 bits per heavy atom. The van der Waals surface area contributed by atoms with Crippen LogP contribution < -0.4 is 0 Å². The van der Waals surface area contributed by atoms with Crippen molar-refractivity contribution >= 4 is 51.9 Å². The highest BCUT2D eigenvalue weighted by atomic mass is 35.5. The molecule has 1 heterocycles. The molecule has 1 aromatic heterocycles. The van der Waals surface area contributed by atoms with Crippen molar-refractivity contribution in [3.05, 3.63) is 64.3 Å². The summed E-state index contributed by atoms with van der Waals surface area (Å²) in [5, 5.41) is 0.929. The molecule has 140 valence electrons. The number of halogens is 2. The molecule has 0 aliphatic carbocycles. The molecule has 0 fully saturated rings. The molecule has 3 aromatic rings. The van der Waals surface area contributed by atoms with Crippen LogP contribution in [0.3, 0.4) is 0 Å². The first-order chi connectivity index (χ1) is 13.0. The summed E-state index contributed by atoms with van der Waals surface area (Å²) in [7, 11) is 0. The first-order valence-electron chi connectivity index (χ1n) is 8.66. The molecule has 0 spiro atoms. The predicted octanol–water partition coefficient (Wildman–Crippen LogP) is 5.64. The molecule has 0 bridgehead atoms. The van der Waals surface area contributed by atoms with Crippen molar-refractivity contribution in [2.24, 2.45) is 0 Å². The quantitative estimate of drug-likeness (QED) is 0.485. The molecule has 0 radical (unpaired) electrons. The van der Waals surface area contributed by atoms with Crippen molar-refractivity contribution in [1.82, 2.24) is 14.9 Å². The van der Waals surface area contributed by atoms with Gasteiger partial charge in [0.05, 0.1) is 11.0 Å². The standard InChI is InChI=1S/C20H19Cl2N3OS/c1-3-25(4-2)20(26)17(13-8-6-5-7-9-13)27-19-18(22)23-16-12-14(21)10-11-15(16)24-19/h5-12,17H,3-4H2,1-2H3. The number of carbonyl (C=O) groups excluding carboxylic acids is 1. The summed E-state index contributed by atoms with van der Waals surface area (Å²) in [6.45, 7) is 5.24. The third-order valence-electron chi connectivity index (χ3n) is 4.19. The van der Waals surface area contributed by atoms with Crippen LogP contribution in [0.15, 0.2) is 53.6 Å². The van der Waals surface area contributed by atoms with Crippen molar-refractivity contribution in [2.45, 2.75) is 24.1 Å². The van der Waals surface area contributed by atoms with E-state index in [4.69, 9.17) is 23.2 Å². The lowest BCUT2D eigenvalue weighted by Gasteiger charge is -2.25. The number of likely N-dealkylation sites (N-methyl/N-ethyl adjacent to an activating group) is 1. The summed E-state index contributed by atoms with van der Waals surface area (Å²) in [4.78, 5) is 24.0.